The van der Waals surface area contributed by atoms with Crippen molar-refractivity contribution in [3.05, 3.63) is 24.0 Å². The van der Waals surface area contributed by atoms with E-state index in [9.17, 15) is 9.18 Å². The SMILES string of the molecule is COc1ccc(NC(=O)N2CCOCC2)c(F)c1. The number of carbonyl (C=O) groups is 1. The van der Waals surface area contributed by atoms with Crippen LogP contribution in [0.25, 0.3) is 0 Å². The van der Waals surface area contributed by atoms with Gasteiger partial charge in [0, 0.05) is 19.2 Å². The van der Waals surface area contributed by atoms with Gasteiger partial charge in [-0.1, -0.05) is 0 Å². The molecule has 0 spiro atoms. The zero-order valence-electron chi connectivity index (χ0n) is 10.1. The standard InChI is InChI=1S/C12H15FN2O3/c1-17-9-2-3-11(10(13)8-9)14-12(16)15-4-6-18-7-5-15/h2-3,8H,4-7H2,1H3,(H,14,16). The number of amides is 2. The summed E-state index contributed by atoms with van der Waals surface area (Å²) in [5.74, 6) is -0.104. The molecule has 98 valence electrons. The second-order valence-electron chi connectivity index (χ2n) is 3.88. The second-order valence-corrected chi connectivity index (χ2v) is 3.88. The van der Waals surface area contributed by atoms with Crippen molar-refractivity contribution in [2.24, 2.45) is 0 Å². The quantitative estimate of drug-likeness (QED) is 0.874. The van der Waals surface area contributed by atoms with Crippen LogP contribution in [-0.4, -0.2) is 44.3 Å². The van der Waals surface area contributed by atoms with Gasteiger partial charge in [0.1, 0.15) is 11.6 Å². The molecule has 5 nitrogen and oxygen atoms in total. The highest BCUT2D eigenvalue weighted by atomic mass is 19.1. The molecule has 1 aliphatic heterocycles. The van der Waals surface area contributed by atoms with Crippen molar-refractivity contribution in [2.45, 2.75) is 0 Å². The molecule has 0 bridgehead atoms. The van der Waals surface area contributed by atoms with Crippen LogP contribution in [0.15, 0.2) is 18.2 Å². The third kappa shape index (κ3) is 2.89. The van der Waals surface area contributed by atoms with Gasteiger partial charge in [-0.2, -0.15) is 0 Å². The molecule has 0 radical (unpaired) electrons. The van der Waals surface area contributed by atoms with Crippen molar-refractivity contribution in [3.8, 4) is 5.75 Å². The van der Waals surface area contributed by atoms with Crippen LogP contribution in [0.1, 0.15) is 0 Å². The van der Waals surface area contributed by atoms with E-state index in [2.05, 4.69) is 5.32 Å². The average molecular weight is 254 g/mol. The molecule has 0 aliphatic carbocycles. The predicted molar refractivity (Wildman–Crippen MR) is 64.4 cm³/mol. The zero-order chi connectivity index (χ0) is 13.0. The Balaban J connectivity index is 2.02. The number of ether oxygens (including phenoxy) is 2. The van der Waals surface area contributed by atoms with E-state index in [1.807, 2.05) is 0 Å². The Morgan fingerprint density at radius 2 is 2.17 bits per heavy atom. The van der Waals surface area contributed by atoms with Crippen LogP contribution in [-0.2, 0) is 4.74 Å². The smallest absolute Gasteiger partial charge is 0.322 e. The topological polar surface area (TPSA) is 50.8 Å². The van der Waals surface area contributed by atoms with Crippen LogP contribution >= 0.6 is 0 Å². The number of rotatable bonds is 2. The maximum Gasteiger partial charge on any atom is 0.322 e. The summed E-state index contributed by atoms with van der Waals surface area (Å²) in [4.78, 5) is 13.4. The van der Waals surface area contributed by atoms with Crippen molar-refractivity contribution < 1.29 is 18.7 Å². The summed E-state index contributed by atoms with van der Waals surface area (Å²) in [6, 6.07) is 3.99. The van der Waals surface area contributed by atoms with Crippen LogP contribution in [0.3, 0.4) is 0 Å². The lowest BCUT2D eigenvalue weighted by Gasteiger charge is -2.27. The normalized spacial score (nSPS) is 15.3. The second kappa shape index (κ2) is 5.68. The van der Waals surface area contributed by atoms with Gasteiger partial charge in [0.25, 0.3) is 0 Å². The zero-order valence-corrected chi connectivity index (χ0v) is 10.1. The monoisotopic (exact) mass is 254 g/mol. The lowest BCUT2D eigenvalue weighted by molar-refractivity contribution is 0.0564. The summed E-state index contributed by atoms with van der Waals surface area (Å²) >= 11 is 0. The van der Waals surface area contributed by atoms with E-state index < -0.39 is 5.82 Å². The van der Waals surface area contributed by atoms with Gasteiger partial charge in [-0.25, -0.2) is 9.18 Å². The van der Waals surface area contributed by atoms with E-state index >= 15 is 0 Å². The maximum absolute atomic E-state index is 13.6. The third-order valence-electron chi connectivity index (χ3n) is 2.72. The number of halogens is 1. The van der Waals surface area contributed by atoms with Gasteiger partial charge in [-0.3, -0.25) is 0 Å². The molecule has 6 heteroatoms. The Labute approximate surface area is 104 Å². The lowest BCUT2D eigenvalue weighted by Crippen LogP contribution is -2.43. The van der Waals surface area contributed by atoms with Gasteiger partial charge < -0.3 is 19.7 Å². The van der Waals surface area contributed by atoms with Crippen molar-refractivity contribution in [1.82, 2.24) is 4.90 Å². The first-order chi connectivity index (χ1) is 8.70. The van der Waals surface area contributed by atoms with Crippen molar-refractivity contribution in [3.63, 3.8) is 0 Å². The molecule has 1 N–H and O–H groups in total. The highest BCUT2D eigenvalue weighted by Gasteiger charge is 2.17. The molecule has 0 atom stereocenters. The van der Waals surface area contributed by atoms with E-state index in [4.69, 9.17) is 9.47 Å². The number of anilines is 1. The minimum atomic E-state index is -0.518. The summed E-state index contributed by atoms with van der Waals surface area (Å²) in [6.45, 7) is 2.06. The van der Waals surface area contributed by atoms with Gasteiger partial charge in [0.05, 0.1) is 26.0 Å². The number of morpholine rings is 1. The van der Waals surface area contributed by atoms with Gasteiger partial charge in [-0.15, -0.1) is 0 Å². The van der Waals surface area contributed by atoms with Crippen LogP contribution in [0.4, 0.5) is 14.9 Å². The van der Waals surface area contributed by atoms with Gasteiger partial charge in [0.15, 0.2) is 0 Å². The molecular formula is C12H15FN2O3. The van der Waals surface area contributed by atoms with Gasteiger partial charge in [0.2, 0.25) is 0 Å². The summed E-state index contributed by atoms with van der Waals surface area (Å²) in [5.41, 5.74) is 0.146. The first-order valence-corrected chi connectivity index (χ1v) is 5.68. The molecule has 1 fully saturated rings. The third-order valence-corrected chi connectivity index (χ3v) is 2.72. The van der Waals surface area contributed by atoms with Crippen LogP contribution < -0.4 is 10.1 Å². The Hall–Kier alpha value is -1.82. The first-order valence-electron chi connectivity index (χ1n) is 5.68. The van der Waals surface area contributed by atoms with Crippen molar-refractivity contribution in [1.29, 1.82) is 0 Å². The highest BCUT2D eigenvalue weighted by Crippen LogP contribution is 2.20. The highest BCUT2D eigenvalue weighted by molar-refractivity contribution is 5.89. The molecule has 0 aromatic heterocycles. The van der Waals surface area contributed by atoms with Gasteiger partial charge in [-0.05, 0) is 12.1 Å². The average Bonchev–Trinajstić information content (AvgIpc) is 2.42. The fourth-order valence-electron chi connectivity index (χ4n) is 1.68. The molecule has 0 saturated carbocycles. The number of nitrogens with zero attached hydrogens (tertiary/aromatic N) is 1. The number of methoxy groups -OCH3 is 1. The Bertz CT molecular complexity index is 433. The number of carbonyl (C=O) groups excluding carboxylic acids is 1. The molecule has 1 saturated heterocycles. The Kier molecular flexibility index (Phi) is 3.99. The number of benzene rings is 1. The summed E-state index contributed by atoms with van der Waals surface area (Å²) in [6.07, 6.45) is 0. The number of urea groups is 1. The molecule has 1 aliphatic rings. The maximum atomic E-state index is 13.6. The molecule has 2 rings (SSSR count). The molecular weight excluding hydrogens is 239 g/mol. The van der Waals surface area contributed by atoms with E-state index in [0.29, 0.717) is 32.1 Å². The number of hydrogen-bond donors (Lipinski definition) is 1. The molecule has 1 heterocycles. The minimum absolute atomic E-state index is 0.146. The predicted octanol–water partition coefficient (Wildman–Crippen LogP) is 1.70. The molecule has 1 aromatic rings. The molecule has 18 heavy (non-hydrogen) atoms. The molecule has 0 unspecified atom stereocenters. The Morgan fingerprint density at radius 1 is 1.44 bits per heavy atom. The number of nitrogens with one attached hydrogen (secondary N) is 1. The lowest BCUT2D eigenvalue weighted by atomic mass is 10.3. The summed E-state index contributed by atoms with van der Waals surface area (Å²) in [7, 11) is 1.46. The van der Waals surface area contributed by atoms with Crippen LogP contribution in [0, 0.1) is 5.82 Å². The van der Waals surface area contributed by atoms with E-state index in [1.54, 1.807) is 11.0 Å². The van der Waals surface area contributed by atoms with Crippen LogP contribution in [0.5, 0.6) is 5.75 Å². The summed E-state index contributed by atoms with van der Waals surface area (Å²) < 4.78 is 23.7. The Morgan fingerprint density at radius 3 is 2.78 bits per heavy atom. The molecule has 2 amide bonds. The first kappa shape index (κ1) is 12.6. The molecule has 1 aromatic carbocycles. The fraction of sp³-hybridized carbons (Fsp3) is 0.417. The fourth-order valence-corrected chi connectivity index (χ4v) is 1.68. The van der Waals surface area contributed by atoms with Crippen LogP contribution in [0.2, 0.25) is 0 Å². The van der Waals surface area contributed by atoms with E-state index in [0.717, 1.165) is 0 Å². The largest absolute Gasteiger partial charge is 0.497 e. The van der Waals surface area contributed by atoms with E-state index in [-0.39, 0.29) is 11.7 Å². The van der Waals surface area contributed by atoms with Gasteiger partial charge >= 0.3 is 6.03 Å². The minimum Gasteiger partial charge on any atom is -0.497 e. The van der Waals surface area contributed by atoms with Crippen molar-refractivity contribution in [2.75, 3.05) is 38.7 Å². The van der Waals surface area contributed by atoms with E-state index in [1.165, 1.54) is 19.2 Å². The summed E-state index contributed by atoms with van der Waals surface area (Å²) in [5, 5.41) is 2.53. The number of hydrogen-bond acceptors (Lipinski definition) is 3. The van der Waals surface area contributed by atoms with Crippen molar-refractivity contribution >= 4 is 11.7 Å².